The lowest BCUT2D eigenvalue weighted by Gasteiger charge is -2.24. The molecule has 1 heterocycles. The fourth-order valence-corrected chi connectivity index (χ4v) is 1.44. The maximum atomic E-state index is 11.5. The van der Waals surface area contributed by atoms with E-state index >= 15 is 0 Å². The Labute approximate surface area is 87.3 Å². The Morgan fingerprint density at radius 3 is 2.92 bits per heavy atom. The van der Waals surface area contributed by atoms with Crippen molar-refractivity contribution in [1.29, 1.82) is 0 Å². The van der Waals surface area contributed by atoms with Crippen LogP contribution in [0.3, 0.4) is 0 Å². The second-order valence-electron chi connectivity index (χ2n) is 3.73. The molecule has 0 aromatic rings. The highest BCUT2D eigenvalue weighted by Crippen LogP contribution is 2.18. The number of alkyl halides is 1. The number of carbonyl (C=O) groups is 1. The summed E-state index contributed by atoms with van der Waals surface area (Å²) in [6.45, 7) is 5.37. The Kier molecular flexibility index (Phi) is 3.74. The van der Waals surface area contributed by atoms with E-state index < -0.39 is 0 Å². The zero-order chi connectivity index (χ0) is 9.90. The molecule has 3 nitrogen and oxygen atoms in total. The maximum Gasteiger partial charge on any atom is 0.234 e. The molecule has 1 aliphatic rings. The van der Waals surface area contributed by atoms with Crippen molar-refractivity contribution in [1.82, 2.24) is 5.32 Å². The van der Waals surface area contributed by atoms with E-state index in [9.17, 15) is 4.79 Å². The second-order valence-corrected chi connectivity index (χ2v) is 4.83. The van der Waals surface area contributed by atoms with Gasteiger partial charge < -0.3 is 10.1 Å². The molecule has 1 saturated heterocycles. The van der Waals surface area contributed by atoms with Gasteiger partial charge >= 0.3 is 0 Å². The smallest absolute Gasteiger partial charge is 0.234 e. The molecule has 0 aliphatic carbocycles. The van der Waals surface area contributed by atoms with Gasteiger partial charge in [-0.05, 0) is 19.8 Å². The van der Waals surface area contributed by atoms with Crippen molar-refractivity contribution in [3.8, 4) is 0 Å². The first kappa shape index (κ1) is 11.0. The number of halogens is 1. The van der Waals surface area contributed by atoms with E-state index in [0.717, 1.165) is 19.4 Å². The van der Waals surface area contributed by atoms with Crippen molar-refractivity contribution in [2.24, 2.45) is 0 Å². The monoisotopic (exact) mass is 249 g/mol. The fourth-order valence-electron chi connectivity index (χ4n) is 1.33. The van der Waals surface area contributed by atoms with E-state index in [4.69, 9.17) is 4.74 Å². The molecule has 1 fully saturated rings. The molecule has 0 spiro atoms. The predicted molar refractivity (Wildman–Crippen MR) is 55.0 cm³/mol. The first-order valence-electron chi connectivity index (χ1n) is 4.61. The van der Waals surface area contributed by atoms with Gasteiger partial charge in [-0.1, -0.05) is 22.9 Å². The number of rotatable bonds is 3. The standard InChI is InChI=1S/C9H16BrNO2/c1-3-7(10)8(12)11-9(2)4-5-13-6-9/h7H,3-6H2,1-2H3,(H,11,12). The van der Waals surface area contributed by atoms with Gasteiger partial charge in [0.05, 0.1) is 17.0 Å². The van der Waals surface area contributed by atoms with E-state index in [2.05, 4.69) is 21.2 Å². The van der Waals surface area contributed by atoms with Gasteiger partial charge in [-0.2, -0.15) is 0 Å². The molecule has 0 bridgehead atoms. The largest absolute Gasteiger partial charge is 0.379 e. The van der Waals surface area contributed by atoms with Gasteiger partial charge in [-0.25, -0.2) is 0 Å². The number of ether oxygens (including phenoxy) is 1. The van der Waals surface area contributed by atoms with Crippen molar-refractivity contribution < 1.29 is 9.53 Å². The molecule has 0 aromatic carbocycles. The highest BCUT2D eigenvalue weighted by Gasteiger charge is 2.32. The van der Waals surface area contributed by atoms with Crippen LogP contribution < -0.4 is 5.32 Å². The molecule has 2 atom stereocenters. The molecule has 1 rings (SSSR count). The van der Waals surface area contributed by atoms with Crippen LogP contribution in [0.15, 0.2) is 0 Å². The lowest BCUT2D eigenvalue weighted by molar-refractivity contribution is -0.122. The second kappa shape index (κ2) is 4.42. The highest BCUT2D eigenvalue weighted by atomic mass is 79.9. The van der Waals surface area contributed by atoms with Crippen LogP contribution in [0.2, 0.25) is 0 Å². The van der Waals surface area contributed by atoms with Crippen LogP contribution >= 0.6 is 15.9 Å². The Morgan fingerprint density at radius 1 is 1.77 bits per heavy atom. The van der Waals surface area contributed by atoms with Crippen LogP contribution in [0.1, 0.15) is 26.7 Å². The molecule has 76 valence electrons. The SMILES string of the molecule is CCC(Br)C(=O)NC1(C)CCOC1. The normalized spacial score (nSPS) is 30.1. The van der Waals surface area contributed by atoms with Gasteiger partial charge in [0.25, 0.3) is 0 Å². The van der Waals surface area contributed by atoms with E-state index in [1.165, 1.54) is 0 Å². The van der Waals surface area contributed by atoms with Gasteiger partial charge in [0, 0.05) is 6.61 Å². The lowest BCUT2D eigenvalue weighted by atomic mass is 10.0. The molecule has 1 aliphatic heterocycles. The van der Waals surface area contributed by atoms with Gasteiger partial charge in [-0.15, -0.1) is 0 Å². The number of nitrogens with one attached hydrogen (secondary N) is 1. The van der Waals surface area contributed by atoms with Crippen LogP contribution in [-0.4, -0.2) is 29.5 Å². The maximum absolute atomic E-state index is 11.5. The van der Waals surface area contributed by atoms with Crippen LogP contribution in [0.5, 0.6) is 0 Å². The summed E-state index contributed by atoms with van der Waals surface area (Å²) in [7, 11) is 0. The summed E-state index contributed by atoms with van der Waals surface area (Å²) in [6, 6.07) is 0. The van der Waals surface area contributed by atoms with E-state index in [1.807, 2.05) is 13.8 Å². The minimum absolute atomic E-state index is 0.0653. The third-order valence-corrected chi connectivity index (χ3v) is 3.35. The molecule has 0 aromatic heterocycles. The van der Waals surface area contributed by atoms with E-state index in [0.29, 0.717) is 6.61 Å². The van der Waals surface area contributed by atoms with E-state index in [1.54, 1.807) is 0 Å². The number of hydrogen-bond acceptors (Lipinski definition) is 2. The number of amides is 1. The molecule has 4 heteroatoms. The molecular formula is C9H16BrNO2. The lowest BCUT2D eigenvalue weighted by Crippen LogP contribution is -2.49. The van der Waals surface area contributed by atoms with Crippen molar-refractivity contribution >= 4 is 21.8 Å². The summed E-state index contributed by atoms with van der Waals surface area (Å²) in [5.74, 6) is 0.0653. The summed E-state index contributed by atoms with van der Waals surface area (Å²) in [5.41, 5.74) is -0.154. The average Bonchev–Trinajstić information content (AvgIpc) is 2.50. The van der Waals surface area contributed by atoms with Gasteiger partial charge in [-0.3, -0.25) is 4.79 Å². The van der Waals surface area contributed by atoms with Gasteiger partial charge in [0.15, 0.2) is 0 Å². The molecule has 1 amide bonds. The predicted octanol–water partition coefficient (Wildman–Crippen LogP) is 1.46. The van der Waals surface area contributed by atoms with E-state index in [-0.39, 0.29) is 16.3 Å². The number of hydrogen-bond donors (Lipinski definition) is 1. The first-order valence-corrected chi connectivity index (χ1v) is 5.53. The fraction of sp³-hybridized carbons (Fsp3) is 0.889. The molecule has 0 radical (unpaired) electrons. The Hall–Kier alpha value is -0.0900. The summed E-state index contributed by atoms with van der Waals surface area (Å²) >= 11 is 3.32. The molecule has 13 heavy (non-hydrogen) atoms. The summed E-state index contributed by atoms with van der Waals surface area (Å²) in [4.78, 5) is 11.4. The third-order valence-electron chi connectivity index (χ3n) is 2.29. The van der Waals surface area contributed by atoms with Gasteiger partial charge in [0.1, 0.15) is 0 Å². The third kappa shape index (κ3) is 2.95. The summed E-state index contributed by atoms with van der Waals surface area (Å²) in [6.07, 6.45) is 1.71. The highest BCUT2D eigenvalue weighted by molar-refractivity contribution is 9.10. The number of carbonyl (C=O) groups excluding carboxylic acids is 1. The summed E-state index contributed by atoms with van der Waals surface area (Å²) < 4.78 is 5.24. The van der Waals surface area contributed by atoms with Crippen LogP contribution in [0.4, 0.5) is 0 Å². The Balaban J connectivity index is 2.43. The van der Waals surface area contributed by atoms with Crippen molar-refractivity contribution in [3.63, 3.8) is 0 Å². The topological polar surface area (TPSA) is 38.3 Å². The van der Waals surface area contributed by atoms with Crippen LogP contribution in [0, 0.1) is 0 Å². The van der Waals surface area contributed by atoms with Crippen molar-refractivity contribution in [2.75, 3.05) is 13.2 Å². The molecule has 2 unspecified atom stereocenters. The zero-order valence-electron chi connectivity index (χ0n) is 8.10. The Morgan fingerprint density at radius 2 is 2.46 bits per heavy atom. The van der Waals surface area contributed by atoms with Crippen molar-refractivity contribution in [3.05, 3.63) is 0 Å². The van der Waals surface area contributed by atoms with Crippen molar-refractivity contribution in [2.45, 2.75) is 37.1 Å². The molecule has 1 N–H and O–H groups in total. The molecular weight excluding hydrogens is 234 g/mol. The average molecular weight is 250 g/mol. The van der Waals surface area contributed by atoms with Crippen LogP contribution in [0.25, 0.3) is 0 Å². The minimum Gasteiger partial charge on any atom is -0.379 e. The van der Waals surface area contributed by atoms with Crippen LogP contribution in [-0.2, 0) is 9.53 Å². The van der Waals surface area contributed by atoms with Gasteiger partial charge in [0.2, 0.25) is 5.91 Å². The molecule has 0 saturated carbocycles. The zero-order valence-corrected chi connectivity index (χ0v) is 9.69. The minimum atomic E-state index is -0.154. The summed E-state index contributed by atoms with van der Waals surface area (Å²) in [5, 5.41) is 3.00. The Bertz CT molecular complexity index is 190. The first-order chi connectivity index (χ1) is 6.07. The quantitative estimate of drug-likeness (QED) is 0.770.